The molecule has 0 radical (unpaired) electrons. The zero-order valence-corrected chi connectivity index (χ0v) is 19.1. The van der Waals surface area contributed by atoms with Gasteiger partial charge in [-0.15, -0.1) is 0 Å². The van der Waals surface area contributed by atoms with Gasteiger partial charge in [-0.3, -0.25) is 14.2 Å². The summed E-state index contributed by atoms with van der Waals surface area (Å²) >= 11 is 0. The molecule has 2 amide bonds. The van der Waals surface area contributed by atoms with Crippen LogP contribution in [0.2, 0.25) is 0 Å². The first-order chi connectivity index (χ1) is 14.6. The summed E-state index contributed by atoms with van der Waals surface area (Å²) < 4.78 is 9.13. The first-order valence-electron chi connectivity index (χ1n) is 10.9. The summed E-state index contributed by atoms with van der Waals surface area (Å²) in [5.41, 5.74) is 1.96. The number of aryl methyl sites for hydroxylation is 1. The third-order valence-corrected chi connectivity index (χ3v) is 5.13. The molecule has 0 spiro atoms. The Bertz CT molecular complexity index is 909. The van der Waals surface area contributed by atoms with Gasteiger partial charge in [0.05, 0.1) is 29.7 Å². The second kappa shape index (κ2) is 9.53. The molecule has 2 N–H and O–H groups in total. The van der Waals surface area contributed by atoms with E-state index in [2.05, 4.69) is 34.7 Å². The van der Waals surface area contributed by atoms with Crippen LogP contribution in [0.1, 0.15) is 62.8 Å². The number of nitrogens with one attached hydrogen (secondary N) is 2. The van der Waals surface area contributed by atoms with Crippen molar-refractivity contribution in [3.8, 4) is 0 Å². The van der Waals surface area contributed by atoms with Crippen molar-refractivity contribution in [2.24, 2.45) is 11.8 Å². The molecule has 1 aliphatic rings. The molecule has 0 saturated heterocycles. The number of carbonyl (C=O) groups is 2. The summed E-state index contributed by atoms with van der Waals surface area (Å²) in [6.45, 7) is 12.3. The third kappa shape index (κ3) is 6.32. The maximum absolute atomic E-state index is 12.9. The average Bonchev–Trinajstić information content (AvgIpc) is 3.29. The number of amides is 2. The highest BCUT2D eigenvalue weighted by molar-refractivity contribution is 5.95. The van der Waals surface area contributed by atoms with Crippen LogP contribution in [0.4, 0.5) is 4.79 Å². The fourth-order valence-electron chi connectivity index (χ4n) is 3.69. The Morgan fingerprint density at radius 3 is 2.74 bits per heavy atom. The normalized spacial score (nSPS) is 16.1. The van der Waals surface area contributed by atoms with E-state index in [0.717, 1.165) is 30.9 Å². The molecule has 1 unspecified atom stereocenters. The fraction of sp³-hybridized carbons (Fsp3) is 0.636. The monoisotopic (exact) mass is 430 g/mol. The van der Waals surface area contributed by atoms with Crippen molar-refractivity contribution in [2.75, 3.05) is 6.54 Å². The highest BCUT2D eigenvalue weighted by Gasteiger charge is 2.26. The third-order valence-electron chi connectivity index (χ3n) is 5.13. The Morgan fingerprint density at radius 1 is 1.26 bits per heavy atom. The van der Waals surface area contributed by atoms with Crippen LogP contribution in [0.15, 0.2) is 18.5 Å². The van der Waals surface area contributed by atoms with Crippen LogP contribution >= 0.6 is 0 Å². The molecule has 9 nitrogen and oxygen atoms in total. The summed E-state index contributed by atoms with van der Waals surface area (Å²) in [6, 6.07) is 1.93. The number of nitrogens with zero attached hydrogens (tertiary/aromatic N) is 4. The number of hydrogen-bond donors (Lipinski definition) is 2. The number of rotatable bonds is 7. The molecule has 0 aliphatic carbocycles. The van der Waals surface area contributed by atoms with Gasteiger partial charge in [-0.1, -0.05) is 13.8 Å². The summed E-state index contributed by atoms with van der Waals surface area (Å²) in [7, 11) is 0. The van der Waals surface area contributed by atoms with Crippen molar-refractivity contribution < 1.29 is 14.3 Å². The summed E-state index contributed by atoms with van der Waals surface area (Å²) in [6.07, 6.45) is 4.56. The van der Waals surface area contributed by atoms with Gasteiger partial charge in [0.15, 0.2) is 0 Å². The van der Waals surface area contributed by atoms with Crippen molar-refractivity contribution in [1.29, 1.82) is 0 Å². The van der Waals surface area contributed by atoms with Gasteiger partial charge in [0.1, 0.15) is 5.60 Å². The van der Waals surface area contributed by atoms with Crippen molar-refractivity contribution in [3.63, 3.8) is 0 Å². The fourth-order valence-corrected chi connectivity index (χ4v) is 3.69. The lowest BCUT2D eigenvalue weighted by Crippen LogP contribution is -2.37. The standard InChI is InChI=1S/C22H34N6O3/c1-15(2)14-28-17(6-8-25-28)12-23-20(29)18-13-26-27-9-7-16(10-19(18)27)11-24-21(30)31-22(3,4)5/h6,8,13,15-16H,7,9-12,14H2,1-5H3,(H,23,29)(H,24,30). The Morgan fingerprint density at radius 2 is 2.03 bits per heavy atom. The number of ether oxygens (including phenoxy) is 1. The average molecular weight is 431 g/mol. The number of alkyl carbamates (subject to hydrolysis) is 1. The maximum atomic E-state index is 12.9. The quantitative estimate of drug-likeness (QED) is 0.703. The molecular formula is C22H34N6O3. The molecule has 0 bridgehead atoms. The van der Waals surface area contributed by atoms with Gasteiger partial charge in [-0.05, 0) is 51.5 Å². The van der Waals surface area contributed by atoms with Gasteiger partial charge < -0.3 is 15.4 Å². The topological polar surface area (TPSA) is 103 Å². The molecule has 3 heterocycles. The highest BCUT2D eigenvalue weighted by Crippen LogP contribution is 2.23. The molecule has 0 saturated carbocycles. The largest absolute Gasteiger partial charge is 0.444 e. The predicted molar refractivity (Wildman–Crippen MR) is 117 cm³/mol. The van der Waals surface area contributed by atoms with E-state index in [1.54, 1.807) is 12.4 Å². The number of aromatic nitrogens is 4. The van der Waals surface area contributed by atoms with Crippen molar-refractivity contribution in [3.05, 3.63) is 35.4 Å². The minimum atomic E-state index is -0.523. The molecule has 2 aromatic heterocycles. The van der Waals surface area contributed by atoms with Crippen LogP contribution in [-0.4, -0.2) is 43.7 Å². The summed E-state index contributed by atoms with van der Waals surface area (Å²) in [5, 5.41) is 14.6. The van der Waals surface area contributed by atoms with E-state index >= 15 is 0 Å². The predicted octanol–water partition coefficient (Wildman–Crippen LogP) is 2.75. The Balaban J connectivity index is 1.57. The van der Waals surface area contributed by atoms with E-state index in [1.165, 1.54) is 0 Å². The lowest BCUT2D eigenvalue weighted by molar-refractivity contribution is 0.0516. The molecule has 170 valence electrons. The van der Waals surface area contributed by atoms with E-state index < -0.39 is 11.7 Å². The van der Waals surface area contributed by atoms with Crippen molar-refractivity contribution in [2.45, 2.75) is 72.7 Å². The first-order valence-corrected chi connectivity index (χ1v) is 10.9. The van der Waals surface area contributed by atoms with Gasteiger partial charge >= 0.3 is 6.09 Å². The number of fused-ring (bicyclic) bond motifs is 1. The van der Waals surface area contributed by atoms with Crippen LogP contribution in [-0.2, 0) is 30.8 Å². The number of hydrogen-bond acceptors (Lipinski definition) is 5. The van der Waals surface area contributed by atoms with E-state index in [1.807, 2.05) is 36.2 Å². The maximum Gasteiger partial charge on any atom is 0.407 e. The van der Waals surface area contributed by atoms with Crippen LogP contribution in [0, 0.1) is 11.8 Å². The highest BCUT2D eigenvalue weighted by atomic mass is 16.6. The summed E-state index contributed by atoms with van der Waals surface area (Å²) in [4.78, 5) is 24.8. The molecule has 0 aromatic carbocycles. The van der Waals surface area contributed by atoms with Gasteiger partial charge in [0.2, 0.25) is 0 Å². The Kier molecular flexibility index (Phi) is 7.02. The minimum Gasteiger partial charge on any atom is -0.444 e. The number of carbonyl (C=O) groups excluding carboxylic acids is 2. The Labute approximate surface area is 183 Å². The molecule has 0 fully saturated rings. The molecule has 2 aromatic rings. The molecule has 1 aliphatic heterocycles. The van der Waals surface area contributed by atoms with Crippen LogP contribution in [0.25, 0.3) is 0 Å². The van der Waals surface area contributed by atoms with Gasteiger partial charge in [0.25, 0.3) is 5.91 Å². The van der Waals surface area contributed by atoms with Crippen molar-refractivity contribution in [1.82, 2.24) is 30.2 Å². The van der Waals surface area contributed by atoms with Gasteiger partial charge in [0, 0.05) is 25.8 Å². The lowest BCUT2D eigenvalue weighted by Gasteiger charge is -2.25. The van der Waals surface area contributed by atoms with E-state index in [4.69, 9.17) is 4.74 Å². The Hall–Kier alpha value is -2.84. The van der Waals surface area contributed by atoms with Crippen LogP contribution < -0.4 is 10.6 Å². The zero-order valence-electron chi connectivity index (χ0n) is 19.1. The van der Waals surface area contributed by atoms with Gasteiger partial charge in [-0.2, -0.15) is 10.2 Å². The van der Waals surface area contributed by atoms with E-state index in [9.17, 15) is 9.59 Å². The second-order valence-electron chi connectivity index (χ2n) is 9.55. The van der Waals surface area contributed by atoms with Crippen LogP contribution in [0.5, 0.6) is 0 Å². The minimum absolute atomic E-state index is 0.140. The van der Waals surface area contributed by atoms with E-state index in [0.29, 0.717) is 31.0 Å². The molecular weight excluding hydrogens is 396 g/mol. The molecule has 3 rings (SSSR count). The van der Waals surface area contributed by atoms with Crippen molar-refractivity contribution >= 4 is 12.0 Å². The molecule has 31 heavy (non-hydrogen) atoms. The zero-order chi connectivity index (χ0) is 22.6. The smallest absolute Gasteiger partial charge is 0.407 e. The molecule has 1 atom stereocenters. The SMILES string of the molecule is CC(C)Cn1nccc1CNC(=O)c1cnn2c1CC(CNC(=O)OC(C)(C)C)CC2. The van der Waals surface area contributed by atoms with E-state index in [-0.39, 0.29) is 11.8 Å². The lowest BCUT2D eigenvalue weighted by atomic mass is 9.94. The second-order valence-corrected chi connectivity index (χ2v) is 9.55. The van der Waals surface area contributed by atoms with Gasteiger partial charge in [-0.25, -0.2) is 4.79 Å². The van der Waals surface area contributed by atoms with Crippen LogP contribution in [0.3, 0.4) is 0 Å². The summed E-state index contributed by atoms with van der Waals surface area (Å²) in [5.74, 6) is 0.568. The molecule has 9 heteroatoms. The first kappa shape index (κ1) is 22.8.